The number of aromatic nitrogens is 2. The Kier molecular flexibility index (Phi) is 5.13. The first-order chi connectivity index (χ1) is 14.3. The molecule has 0 saturated heterocycles. The molecule has 0 aliphatic heterocycles. The van der Waals surface area contributed by atoms with Gasteiger partial charge in [-0.3, -0.25) is 4.79 Å². The standard InChI is InChI=1S/C23H21N3O3S/c1-16-12-17(2)14-19(13-16)30(28,29)26(15-22(27)18-8-4-3-5-9-18)23-24-20-10-6-7-11-21(20)25-23/h3-14H,15H2,1-2H3,(H,24,25). The van der Waals surface area contributed by atoms with Crippen LogP contribution in [0.3, 0.4) is 0 Å². The monoisotopic (exact) mass is 419 g/mol. The number of imidazole rings is 1. The summed E-state index contributed by atoms with van der Waals surface area (Å²) in [5.41, 5.74) is 3.41. The molecular weight excluding hydrogens is 398 g/mol. The van der Waals surface area contributed by atoms with Gasteiger partial charge in [0.05, 0.1) is 15.9 Å². The van der Waals surface area contributed by atoms with Crippen molar-refractivity contribution >= 4 is 32.8 Å². The maximum Gasteiger partial charge on any atom is 0.267 e. The summed E-state index contributed by atoms with van der Waals surface area (Å²) in [6.45, 7) is 3.32. The number of para-hydroxylation sites is 2. The van der Waals surface area contributed by atoms with Gasteiger partial charge in [-0.25, -0.2) is 17.7 Å². The van der Waals surface area contributed by atoms with Crippen LogP contribution in [0.4, 0.5) is 5.95 Å². The predicted octanol–water partition coefficient (Wildman–Crippen LogP) is 4.26. The number of hydrogen-bond donors (Lipinski definition) is 1. The number of benzene rings is 3. The molecule has 1 N–H and O–H groups in total. The van der Waals surface area contributed by atoms with Crippen LogP contribution in [-0.4, -0.2) is 30.7 Å². The topological polar surface area (TPSA) is 83.1 Å². The Labute approximate surface area is 175 Å². The maximum absolute atomic E-state index is 13.6. The van der Waals surface area contributed by atoms with Crippen molar-refractivity contribution in [1.82, 2.24) is 9.97 Å². The quantitative estimate of drug-likeness (QED) is 0.474. The Bertz CT molecular complexity index is 1280. The molecule has 0 fully saturated rings. The predicted molar refractivity (Wildman–Crippen MR) is 117 cm³/mol. The molecule has 152 valence electrons. The highest BCUT2D eigenvalue weighted by molar-refractivity contribution is 7.92. The van der Waals surface area contributed by atoms with Gasteiger partial charge in [-0.05, 0) is 49.2 Å². The lowest BCUT2D eigenvalue weighted by Crippen LogP contribution is -2.36. The van der Waals surface area contributed by atoms with Crippen molar-refractivity contribution in [2.24, 2.45) is 0 Å². The normalized spacial score (nSPS) is 11.5. The van der Waals surface area contributed by atoms with E-state index in [1.165, 1.54) is 0 Å². The SMILES string of the molecule is Cc1cc(C)cc(S(=O)(=O)N(CC(=O)c2ccccc2)c2nc3ccccc3[nH]2)c1. The molecule has 0 amide bonds. The fraction of sp³-hybridized carbons (Fsp3) is 0.130. The van der Waals surface area contributed by atoms with E-state index >= 15 is 0 Å². The van der Waals surface area contributed by atoms with Gasteiger partial charge in [-0.15, -0.1) is 0 Å². The lowest BCUT2D eigenvalue weighted by Gasteiger charge is -2.21. The van der Waals surface area contributed by atoms with E-state index in [0.29, 0.717) is 16.6 Å². The van der Waals surface area contributed by atoms with Crippen molar-refractivity contribution in [3.8, 4) is 0 Å². The number of ketones is 1. The van der Waals surface area contributed by atoms with Crippen LogP contribution in [-0.2, 0) is 10.0 Å². The molecule has 3 aromatic carbocycles. The summed E-state index contributed by atoms with van der Waals surface area (Å²) in [6.07, 6.45) is 0. The van der Waals surface area contributed by atoms with Gasteiger partial charge in [0.25, 0.3) is 10.0 Å². The molecule has 0 atom stereocenters. The molecule has 0 radical (unpaired) electrons. The number of nitrogens with zero attached hydrogens (tertiary/aromatic N) is 2. The second-order valence-electron chi connectivity index (χ2n) is 7.20. The molecule has 0 aliphatic carbocycles. The highest BCUT2D eigenvalue weighted by Gasteiger charge is 2.30. The number of aromatic amines is 1. The summed E-state index contributed by atoms with van der Waals surface area (Å²) in [7, 11) is -4.03. The van der Waals surface area contributed by atoms with Crippen molar-refractivity contribution in [3.63, 3.8) is 0 Å². The lowest BCUT2D eigenvalue weighted by molar-refractivity contribution is 0.100. The number of carbonyl (C=O) groups excluding carboxylic acids is 1. The van der Waals surface area contributed by atoms with E-state index in [0.717, 1.165) is 15.4 Å². The van der Waals surface area contributed by atoms with Crippen LogP contribution in [0, 0.1) is 13.8 Å². The van der Waals surface area contributed by atoms with Crippen LogP contribution in [0.1, 0.15) is 21.5 Å². The summed E-state index contributed by atoms with van der Waals surface area (Å²) in [6, 6.07) is 21.0. The third kappa shape index (κ3) is 3.84. The molecule has 30 heavy (non-hydrogen) atoms. The second-order valence-corrected chi connectivity index (χ2v) is 9.06. The van der Waals surface area contributed by atoms with E-state index in [1.54, 1.807) is 48.5 Å². The zero-order valence-corrected chi connectivity index (χ0v) is 17.5. The number of hydrogen-bond acceptors (Lipinski definition) is 4. The Balaban J connectivity index is 1.83. The van der Waals surface area contributed by atoms with Crippen molar-refractivity contribution in [3.05, 3.63) is 89.5 Å². The number of anilines is 1. The molecule has 0 unspecified atom stereocenters. The number of sulfonamides is 1. The van der Waals surface area contributed by atoms with Gasteiger partial charge in [0.15, 0.2) is 5.78 Å². The molecule has 4 rings (SSSR count). The van der Waals surface area contributed by atoms with Gasteiger partial charge in [0, 0.05) is 5.56 Å². The average Bonchev–Trinajstić information content (AvgIpc) is 3.15. The van der Waals surface area contributed by atoms with E-state index in [4.69, 9.17) is 0 Å². The Morgan fingerprint density at radius 1 is 0.933 bits per heavy atom. The lowest BCUT2D eigenvalue weighted by atomic mass is 10.1. The largest absolute Gasteiger partial charge is 0.323 e. The van der Waals surface area contributed by atoms with E-state index < -0.39 is 10.0 Å². The minimum Gasteiger partial charge on any atom is -0.323 e. The summed E-state index contributed by atoms with van der Waals surface area (Å²) in [5.74, 6) is -0.205. The van der Waals surface area contributed by atoms with Crippen molar-refractivity contribution in [1.29, 1.82) is 0 Å². The third-order valence-electron chi connectivity index (χ3n) is 4.78. The third-order valence-corrected chi connectivity index (χ3v) is 6.49. The Hall–Kier alpha value is -3.45. The molecule has 0 aliphatic rings. The number of aryl methyl sites for hydroxylation is 2. The van der Waals surface area contributed by atoms with E-state index in [2.05, 4.69) is 9.97 Å². The van der Waals surface area contributed by atoms with Crippen molar-refractivity contribution in [2.45, 2.75) is 18.7 Å². The number of fused-ring (bicyclic) bond motifs is 1. The van der Waals surface area contributed by atoms with Crippen LogP contribution in [0.15, 0.2) is 77.7 Å². The smallest absolute Gasteiger partial charge is 0.267 e. The Morgan fingerprint density at radius 2 is 1.57 bits per heavy atom. The molecular formula is C23H21N3O3S. The van der Waals surface area contributed by atoms with Crippen LogP contribution in [0.2, 0.25) is 0 Å². The molecule has 7 heteroatoms. The minimum absolute atomic E-state index is 0.111. The molecule has 0 spiro atoms. The number of Topliss-reactive ketones (excluding diaryl/α,β-unsaturated/α-hetero) is 1. The summed E-state index contributed by atoms with van der Waals surface area (Å²) >= 11 is 0. The molecule has 1 aromatic heterocycles. The van der Waals surface area contributed by atoms with Gasteiger partial charge in [0.1, 0.15) is 6.54 Å². The van der Waals surface area contributed by atoms with Gasteiger partial charge >= 0.3 is 0 Å². The van der Waals surface area contributed by atoms with Gasteiger partial charge in [-0.1, -0.05) is 48.5 Å². The van der Waals surface area contributed by atoms with Crippen LogP contribution in [0.5, 0.6) is 0 Å². The molecule has 0 saturated carbocycles. The van der Waals surface area contributed by atoms with Crippen molar-refractivity contribution in [2.75, 3.05) is 10.8 Å². The first kappa shape index (κ1) is 19.8. The highest BCUT2D eigenvalue weighted by Crippen LogP contribution is 2.26. The van der Waals surface area contributed by atoms with Crippen LogP contribution >= 0.6 is 0 Å². The fourth-order valence-corrected chi connectivity index (χ4v) is 4.91. The zero-order valence-electron chi connectivity index (χ0n) is 16.7. The highest BCUT2D eigenvalue weighted by atomic mass is 32.2. The average molecular weight is 420 g/mol. The van der Waals surface area contributed by atoms with E-state index in [9.17, 15) is 13.2 Å². The number of nitrogens with one attached hydrogen (secondary N) is 1. The number of carbonyl (C=O) groups is 1. The van der Waals surface area contributed by atoms with E-state index in [-0.39, 0.29) is 23.2 Å². The van der Waals surface area contributed by atoms with Gasteiger partial charge < -0.3 is 4.98 Å². The number of H-pyrrole nitrogens is 1. The molecule has 0 bridgehead atoms. The molecule has 4 aromatic rings. The molecule has 6 nitrogen and oxygen atoms in total. The number of rotatable bonds is 6. The zero-order chi connectivity index (χ0) is 21.3. The van der Waals surface area contributed by atoms with Gasteiger partial charge in [0.2, 0.25) is 5.95 Å². The summed E-state index contributed by atoms with van der Waals surface area (Å²) in [5, 5.41) is 0. The summed E-state index contributed by atoms with van der Waals surface area (Å²) in [4.78, 5) is 20.5. The fourth-order valence-electron chi connectivity index (χ4n) is 3.39. The molecule has 1 heterocycles. The first-order valence-corrected chi connectivity index (χ1v) is 10.9. The minimum atomic E-state index is -4.03. The summed E-state index contributed by atoms with van der Waals surface area (Å²) < 4.78 is 28.2. The Morgan fingerprint density at radius 3 is 2.23 bits per heavy atom. The van der Waals surface area contributed by atoms with E-state index in [1.807, 2.05) is 38.1 Å². The maximum atomic E-state index is 13.6. The second kappa shape index (κ2) is 7.76. The van der Waals surface area contributed by atoms with Crippen LogP contribution in [0.25, 0.3) is 11.0 Å². The van der Waals surface area contributed by atoms with Crippen LogP contribution < -0.4 is 4.31 Å². The van der Waals surface area contributed by atoms with Crippen molar-refractivity contribution < 1.29 is 13.2 Å². The van der Waals surface area contributed by atoms with Gasteiger partial charge in [-0.2, -0.15) is 0 Å². The first-order valence-electron chi connectivity index (χ1n) is 9.48.